The number of nitrogens with zero attached hydrogens (tertiary/aromatic N) is 2. The van der Waals surface area contributed by atoms with E-state index in [2.05, 4.69) is 9.97 Å². The van der Waals surface area contributed by atoms with Crippen molar-refractivity contribution in [3.8, 4) is 0 Å². The number of aromatic nitrogens is 2. The smallest absolute Gasteiger partial charge is 0.223 e. The molecule has 6 heteroatoms. The Bertz CT molecular complexity index is 417. The van der Waals surface area contributed by atoms with E-state index in [9.17, 15) is 8.42 Å². The molecule has 0 spiro atoms. The Kier molecular flexibility index (Phi) is 2.87. The van der Waals surface area contributed by atoms with Crippen molar-refractivity contribution in [2.75, 3.05) is 6.26 Å². The van der Waals surface area contributed by atoms with Gasteiger partial charge in [0.25, 0.3) is 0 Å². The Labute approximate surface area is 81.9 Å². The summed E-state index contributed by atoms with van der Waals surface area (Å²) in [7, 11) is -3.36. The lowest BCUT2D eigenvalue weighted by molar-refractivity contribution is 0.592. The van der Waals surface area contributed by atoms with Crippen LogP contribution in [0.4, 0.5) is 0 Å². The molecular formula is C7H9ClN2O2S. The number of aryl methyl sites for hydroxylation is 1. The average Bonchev–Trinajstić information content (AvgIpc) is 2.01. The predicted molar refractivity (Wildman–Crippen MR) is 49.5 cm³/mol. The SMILES string of the molecule is CCc1cc(Cl)nc(S(C)(=O)=O)n1. The van der Waals surface area contributed by atoms with Gasteiger partial charge in [-0.1, -0.05) is 18.5 Å². The number of hydrogen-bond donors (Lipinski definition) is 0. The third-order valence-corrected chi connectivity index (χ3v) is 2.46. The third kappa shape index (κ3) is 2.63. The summed E-state index contributed by atoms with van der Waals surface area (Å²) in [4.78, 5) is 7.46. The van der Waals surface area contributed by atoms with E-state index in [1.165, 1.54) is 0 Å². The van der Waals surface area contributed by atoms with E-state index < -0.39 is 9.84 Å². The summed E-state index contributed by atoms with van der Waals surface area (Å²) in [6.45, 7) is 1.87. The molecule has 0 amide bonds. The highest BCUT2D eigenvalue weighted by molar-refractivity contribution is 7.90. The van der Waals surface area contributed by atoms with Crippen molar-refractivity contribution < 1.29 is 8.42 Å². The van der Waals surface area contributed by atoms with Crippen LogP contribution in [0, 0.1) is 0 Å². The molecule has 1 aromatic rings. The molecular weight excluding hydrogens is 212 g/mol. The Morgan fingerprint density at radius 2 is 2.08 bits per heavy atom. The minimum absolute atomic E-state index is 0.160. The van der Waals surface area contributed by atoms with Crippen LogP contribution in [0.3, 0.4) is 0 Å². The molecule has 1 aromatic heterocycles. The largest absolute Gasteiger partial charge is 0.248 e. The molecule has 13 heavy (non-hydrogen) atoms. The van der Waals surface area contributed by atoms with Gasteiger partial charge in [-0.3, -0.25) is 0 Å². The van der Waals surface area contributed by atoms with Crippen molar-refractivity contribution in [1.29, 1.82) is 0 Å². The van der Waals surface area contributed by atoms with Crippen LogP contribution in [0.2, 0.25) is 5.15 Å². The zero-order valence-corrected chi connectivity index (χ0v) is 8.85. The fourth-order valence-electron chi connectivity index (χ4n) is 0.788. The first-order valence-electron chi connectivity index (χ1n) is 3.67. The summed E-state index contributed by atoms with van der Waals surface area (Å²) >= 11 is 5.62. The van der Waals surface area contributed by atoms with Gasteiger partial charge in [-0.2, -0.15) is 0 Å². The van der Waals surface area contributed by atoms with E-state index in [1.54, 1.807) is 6.07 Å². The molecule has 72 valence electrons. The molecule has 1 heterocycles. The third-order valence-electron chi connectivity index (χ3n) is 1.42. The van der Waals surface area contributed by atoms with Gasteiger partial charge in [0.05, 0.1) is 0 Å². The molecule has 1 rings (SSSR count). The second-order valence-electron chi connectivity index (χ2n) is 2.59. The van der Waals surface area contributed by atoms with Crippen molar-refractivity contribution in [3.05, 3.63) is 16.9 Å². The van der Waals surface area contributed by atoms with Crippen LogP contribution in [0.25, 0.3) is 0 Å². The maximum atomic E-state index is 11.1. The number of sulfone groups is 1. The molecule has 0 aromatic carbocycles. The van der Waals surface area contributed by atoms with Crippen molar-refractivity contribution in [1.82, 2.24) is 9.97 Å². The molecule has 0 unspecified atom stereocenters. The molecule has 0 aliphatic carbocycles. The summed E-state index contributed by atoms with van der Waals surface area (Å²) in [5.41, 5.74) is 0.625. The summed E-state index contributed by atoms with van der Waals surface area (Å²) in [6.07, 6.45) is 1.68. The number of hydrogen-bond acceptors (Lipinski definition) is 4. The van der Waals surface area contributed by atoms with Gasteiger partial charge < -0.3 is 0 Å². The molecule has 0 saturated carbocycles. The summed E-state index contributed by atoms with van der Waals surface area (Å²) in [5.74, 6) is 0. The Balaban J connectivity index is 3.33. The van der Waals surface area contributed by atoms with Gasteiger partial charge in [-0.15, -0.1) is 0 Å². The van der Waals surface area contributed by atoms with Gasteiger partial charge >= 0.3 is 0 Å². The highest BCUT2D eigenvalue weighted by Crippen LogP contribution is 2.10. The maximum absolute atomic E-state index is 11.1. The molecule has 0 bridgehead atoms. The van der Waals surface area contributed by atoms with E-state index in [0.717, 1.165) is 6.26 Å². The quantitative estimate of drug-likeness (QED) is 0.553. The lowest BCUT2D eigenvalue weighted by Gasteiger charge is -2.00. The van der Waals surface area contributed by atoms with E-state index in [0.29, 0.717) is 12.1 Å². The molecule has 4 nitrogen and oxygen atoms in total. The van der Waals surface area contributed by atoms with Crippen LogP contribution in [-0.2, 0) is 16.3 Å². The van der Waals surface area contributed by atoms with Gasteiger partial charge in [0.1, 0.15) is 5.15 Å². The first-order valence-corrected chi connectivity index (χ1v) is 5.94. The second-order valence-corrected chi connectivity index (χ2v) is 4.89. The molecule has 0 atom stereocenters. The van der Waals surface area contributed by atoms with Crippen LogP contribution in [0.1, 0.15) is 12.6 Å². The molecule has 0 N–H and O–H groups in total. The van der Waals surface area contributed by atoms with Crippen LogP contribution in [0.5, 0.6) is 0 Å². The maximum Gasteiger partial charge on any atom is 0.248 e. The zero-order chi connectivity index (χ0) is 10.1. The number of rotatable bonds is 2. The molecule has 0 radical (unpaired) electrons. The summed E-state index contributed by atoms with van der Waals surface area (Å²) in [6, 6.07) is 1.55. The van der Waals surface area contributed by atoms with Crippen molar-refractivity contribution in [2.45, 2.75) is 18.5 Å². The second kappa shape index (κ2) is 3.59. The molecule has 0 fully saturated rings. The van der Waals surface area contributed by atoms with Crippen LogP contribution < -0.4 is 0 Å². The predicted octanol–water partition coefficient (Wildman–Crippen LogP) is 1.10. The fourth-order valence-corrected chi connectivity index (χ4v) is 1.59. The molecule has 0 saturated heterocycles. The van der Waals surface area contributed by atoms with Crippen LogP contribution in [-0.4, -0.2) is 24.6 Å². The molecule has 0 aliphatic rings. The Morgan fingerprint density at radius 3 is 2.54 bits per heavy atom. The van der Waals surface area contributed by atoms with Gasteiger partial charge in [0.2, 0.25) is 15.0 Å². The van der Waals surface area contributed by atoms with Gasteiger partial charge in [0, 0.05) is 11.9 Å². The van der Waals surface area contributed by atoms with E-state index in [4.69, 9.17) is 11.6 Å². The van der Waals surface area contributed by atoms with Crippen LogP contribution in [0.15, 0.2) is 11.2 Å². The minimum Gasteiger partial charge on any atom is -0.223 e. The van der Waals surface area contributed by atoms with E-state index in [1.807, 2.05) is 6.92 Å². The van der Waals surface area contributed by atoms with Crippen molar-refractivity contribution >= 4 is 21.4 Å². The van der Waals surface area contributed by atoms with Crippen LogP contribution >= 0.6 is 11.6 Å². The average molecular weight is 221 g/mol. The van der Waals surface area contributed by atoms with Gasteiger partial charge in [0.15, 0.2) is 0 Å². The number of halogens is 1. The first-order chi connectivity index (χ1) is 5.93. The first kappa shape index (κ1) is 10.4. The van der Waals surface area contributed by atoms with Gasteiger partial charge in [-0.25, -0.2) is 18.4 Å². The van der Waals surface area contributed by atoms with E-state index in [-0.39, 0.29) is 10.3 Å². The summed E-state index contributed by atoms with van der Waals surface area (Å²) < 4.78 is 22.1. The van der Waals surface area contributed by atoms with Gasteiger partial charge in [-0.05, 0) is 12.5 Å². The minimum atomic E-state index is -3.36. The highest BCUT2D eigenvalue weighted by Gasteiger charge is 2.12. The summed E-state index contributed by atoms with van der Waals surface area (Å²) in [5, 5.41) is -0.0517. The zero-order valence-electron chi connectivity index (χ0n) is 7.28. The fraction of sp³-hybridized carbons (Fsp3) is 0.429. The molecule has 0 aliphatic heterocycles. The van der Waals surface area contributed by atoms with Crippen molar-refractivity contribution in [3.63, 3.8) is 0 Å². The standard InChI is InChI=1S/C7H9ClN2O2S/c1-3-5-4-6(8)10-7(9-5)13(2,11)12/h4H,3H2,1-2H3. The van der Waals surface area contributed by atoms with E-state index >= 15 is 0 Å². The highest BCUT2D eigenvalue weighted by atomic mass is 35.5. The lowest BCUT2D eigenvalue weighted by Crippen LogP contribution is -2.06. The van der Waals surface area contributed by atoms with Crippen molar-refractivity contribution in [2.24, 2.45) is 0 Å². The normalized spacial score (nSPS) is 11.6. The topological polar surface area (TPSA) is 59.9 Å². The lowest BCUT2D eigenvalue weighted by atomic mass is 10.3. The monoisotopic (exact) mass is 220 g/mol. The Morgan fingerprint density at radius 1 is 1.46 bits per heavy atom. The Hall–Kier alpha value is -0.680.